The van der Waals surface area contributed by atoms with Gasteiger partial charge in [0.1, 0.15) is 5.75 Å². The second-order valence-electron chi connectivity index (χ2n) is 11.1. The minimum absolute atomic E-state index is 0.0131. The lowest BCUT2D eigenvalue weighted by Crippen LogP contribution is -2.42. The highest BCUT2D eigenvalue weighted by Gasteiger charge is 2.69. The summed E-state index contributed by atoms with van der Waals surface area (Å²) < 4.78 is 11.9. The number of hydrogen-bond donors (Lipinski definition) is 1. The number of nitrogens with zero attached hydrogens (tertiary/aromatic N) is 1. The number of fused-ring (bicyclic) bond motifs is 9. The number of aromatic nitrogens is 1. The van der Waals surface area contributed by atoms with E-state index in [4.69, 9.17) is 9.47 Å². The number of carbonyl (C=O) groups is 3. The number of nitrogens with one attached hydrogen (secondary N) is 1. The Balaban J connectivity index is 1.30. The van der Waals surface area contributed by atoms with E-state index >= 15 is 0 Å². The van der Waals surface area contributed by atoms with Gasteiger partial charge in [0, 0.05) is 26.1 Å². The van der Waals surface area contributed by atoms with E-state index in [2.05, 4.69) is 20.9 Å². The standard InChI is InChI=1S/C30H27BrN2O6S2/c1-3-38-20(34)12-39-19-9-6-14(31)10-16(19)21-22-17-11-18(25(22)40-27-26(21)41-30(37)32-27)24-23(17)28(35)33(29(24)36)15-7-4-13(2)5-8-15/h4-10,17-18,21-25H,3,11-12H2,1-2H3,(H,32,37)/t17-,18-,21-,22?,23?,24?,25?/m1/s1. The van der Waals surface area contributed by atoms with Gasteiger partial charge < -0.3 is 14.5 Å². The fraction of sp³-hybridized carbons (Fsp3) is 0.400. The van der Waals surface area contributed by atoms with Crippen molar-refractivity contribution in [3.8, 4) is 5.75 Å². The Bertz CT molecular complexity index is 1630. The Morgan fingerprint density at radius 3 is 2.54 bits per heavy atom. The van der Waals surface area contributed by atoms with E-state index in [1.807, 2.05) is 49.4 Å². The number of ether oxygens (including phenoxy) is 2. The number of esters is 1. The lowest BCUT2D eigenvalue weighted by molar-refractivity contribution is -0.145. The molecule has 2 bridgehead atoms. The number of halogens is 1. The van der Waals surface area contributed by atoms with Crippen LogP contribution in [0.3, 0.4) is 0 Å². The Morgan fingerprint density at radius 1 is 1.07 bits per heavy atom. The SMILES string of the molecule is CCOC(=O)COc1ccc(Br)cc1[C@H]1c2sc(=O)[nH]c2SC2C1[C@H]1C[C@@H]2C2C(=O)N(c3ccc(C)cc3)C(=O)C21. The molecule has 7 atom stereocenters. The zero-order valence-corrected chi connectivity index (χ0v) is 25.5. The number of imide groups is 1. The summed E-state index contributed by atoms with van der Waals surface area (Å²) in [4.78, 5) is 57.7. The molecule has 11 heteroatoms. The number of amides is 2. The van der Waals surface area contributed by atoms with Crippen LogP contribution >= 0.6 is 39.0 Å². The molecule has 2 aromatic carbocycles. The number of aromatic amines is 1. The Morgan fingerprint density at radius 2 is 1.80 bits per heavy atom. The average Bonchev–Trinajstić information content (AvgIpc) is 3.67. The van der Waals surface area contributed by atoms with E-state index in [0.29, 0.717) is 11.4 Å². The van der Waals surface area contributed by atoms with Gasteiger partial charge in [-0.1, -0.05) is 45.0 Å². The predicted octanol–water partition coefficient (Wildman–Crippen LogP) is 5.13. The molecule has 4 aliphatic rings. The molecule has 1 N–H and O–H groups in total. The maximum atomic E-state index is 14.0. The van der Waals surface area contributed by atoms with Gasteiger partial charge >= 0.3 is 10.8 Å². The maximum absolute atomic E-state index is 14.0. The van der Waals surface area contributed by atoms with E-state index in [1.165, 1.54) is 16.2 Å². The van der Waals surface area contributed by atoms with Crippen LogP contribution in [0.1, 0.15) is 35.3 Å². The maximum Gasteiger partial charge on any atom is 0.344 e. The van der Waals surface area contributed by atoms with Gasteiger partial charge in [-0.25, -0.2) is 4.79 Å². The van der Waals surface area contributed by atoms with Crippen LogP contribution in [0.4, 0.5) is 5.69 Å². The van der Waals surface area contributed by atoms with Crippen LogP contribution in [0, 0.1) is 36.5 Å². The van der Waals surface area contributed by atoms with Crippen molar-refractivity contribution >= 4 is 62.5 Å². The number of thiazole rings is 1. The van der Waals surface area contributed by atoms with Gasteiger partial charge in [0.2, 0.25) is 11.8 Å². The minimum Gasteiger partial charge on any atom is -0.482 e. The summed E-state index contributed by atoms with van der Waals surface area (Å²) >= 11 is 6.43. The first-order valence-corrected chi connectivity index (χ1v) is 16.2. The largest absolute Gasteiger partial charge is 0.482 e. The zero-order chi connectivity index (χ0) is 28.6. The zero-order valence-electron chi connectivity index (χ0n) is 22.3. The van der Waals surface area contributed by atoms with Crippen molar-refractivity contribution in [1.29, 1.82) is 0 Å². The molecule has 212 valence electrons. The van der Waals surface area contributed by atoms with E-state index < -0.39 is 11.9 Å². The number of thioether (sulfide) groups is 1. The Labute approximate surface area is 252 Å². The summed E-state index contributed by atoms with van der Waals surface area (Å²) in [5.74, 6) is -1.15. The fourth-order valence-electron chi connectivity index (χ4n) is 7.55. The van der Waals surface area contributed by atoms with Gasteiger partial charge in [-0.2, -0.15) is 0 Å². The number of H-pyrrole nitrogens is 1. The summed E-state index contributed by atoms with van der Waals surface area (Å²) in [6.45, 7) is 3.75. The first kappa shape index (κ1) is 27.0. The molecule has 8 nitrogen and oxygen atoms in total. The number of carbonyl (C=O) groups excluding carboxylic acids is 3. The quantitative estimate of drug-likeness (QED) is 0.290. The van der Waals surface area contributed by atoms with Crippen LogP contribution in [-0.4, -0.2) is 41.2 Å². The van der Waals surface area contributed by atoms with Gasteiger partial charge in [0.05, 0.1) is 29.2 Å². The first-order chi connectivity index (χ1) is 19.8. The molecule has 2 amide bonds. The molecule has 3 heterocycles. The summed E-state index contributed by atoms with van der Waals surface area (Å²) in [5, 5.41) is 0.870. The third-order valence-electron chi connectivity index (χ3n) is 8.97. The van der Waals surface area contributed by atoms with E-state index in [1.54, 1.807) is 18.7 Å². The molecular formula is C30H27BrN2O6S2. The van der Waals surface area contributed by atoms with Crippen molar-refractivity contribution in [3.05, 3.63) is 72.6 Å². The van der Waals surface area contributed by atoms with Gasteiger partial charge in [0.15, 0.2) is 6.61 Å². The van der Waals surface area contributed by atoms with Crippen LogP contribution in [-0.2, 0) is 19.1 Å². The average molecular weight is 656 g/mol. The first-order valence-electron chi connectivity index (χ1n) is 13.7. The lowest BCUT2D eigenvalue weighted by atomic mass is 9.68. The highest BCUT2D eigenvalue weighted by molar-refractivity contribution is 9.10. The van der Waals surface area contributed by atoms with Crippen molar-refractivity contribution in [2.24, 2.45) is 29.6 Å². The van der Waals surface area contributed by atoms with Crippen LogP contribution in [0.25, 0.3) is 0 Å². The van der Waals surface area contributed by atoms with Gasteiger partial charge in [0.25, 0.3) is 0 Å². The third-order valence-corrected chi connectivity index (χ3v) is 12.1. The molecule has 1 saturated heterocycles. The minimum atomic E-state index is -0.459. The van der Waals surface area contributed by atoms with Crippen LogP contribution in [0.5, 0.6) is 5.75 Å². The number of benzene rings is 2. The highest BCUT2D eigenvalue weighted by Crippen LogP contribution is 2.69. The summed E-state index contributed by atoms with van der Waals surface area (Å²) in [5.41, 5.74) is 2.54. The summed E-state index contributed by atoms with van der Waals surface area (Å²) in [6.07, 6.45) is 0.791. The Hall–Kier alpha value is -2.89. The predicted molar refractivity (Wildman–Crippen MR) is 158 cm³/mol. The Kier molecular flexibility index (Phi) is 6.67. The summed E-state index contributed by atoms with van der Waals surface area (Å²) in [6, 6.07) is 13.2. The van der Waals surface area contributed by atoms with Crippen LogP contribution < -0.4 is 14.5 Å². The second kappa shape index (κ2) is 10.1. The molecule has 2 aliphatic heterocycles. The van der Waals surface area contributed by atoms with E-state index in [-0.39, 0.29) is 64.7 Å². The molecular weight excluding hydrogens is 628 g/mol. The molecule has 3 fully saturated rings. The monoisotopic (exact) mass is 654 g/mol. The smallest absolute Gasteiger partial charge is 0.344 e. The van der Waals surface area contributed by atoms with Crippen molar-refractivity contribution in [2.45, 2.75) is 36.5 Å². The molecule has 7 rings (SSSR count). The van der Waals surface area contributed by atoms with Crippen molar-refractivity contribution in [3.63, 3.8) is 0 Å². The fourth-order valence-corrected chi connectivity index (χ4v) is 10.8. The van der Waals surface area contributed by atoms with Crippen molar-refractivity contribution in [1.82, 2.24) is 4.98 Å². The molecule has 1 aromatic heterocycles. The molecule has 4 unspecified atom stereocenters. The highest BCUT2D eigenvalue weighted by atomic mass is 79.9. The number of hydrogen-bond acceptors (Lipinski definition) is 8. The molecule has 0 radical (unpaired) electrons. The number of aryl methyl sites for hydroxylation is 1. The molecule has 2 aliphatic carbocycles. The van der Waals surface area contributed by atoms with E-state index in [9.17, 15) is 19.2 Å². The molecule has 0 spiro atoms. The van der Waals surface area contributed by atoms with Crippen LogP contribution in [0.2, 0.25) is 0 Å². The third kappa shape index (κ3) is 4.22. The molecule has 41 heavy (non-hydrogen) atoms. The molecule has 3 aromatic rings. The normalized spacial score (nSPS) is 29.3. The van der Waals surface area contributed by atoms with E-state index in [0.717, 1.165) is 31.9 Å². The van der Waals surface area contributed by atoms with Gasteiger partial charge in [-0.05, 0) is 68.4 Å². The molecule has 2 saturated carbocycles. The van der Waals surface area contributed by atoms with Gasteiger partial charge in [-0.3, -0.25) is 19.3 Å². The van der Waals surface area contributed by atoms with Crippen LogP contribution in [0.15, 0.2) is 56.8 Å². The topological polar surface area (TPSA) is 106 Å². The lowest BCUT2D eigenvalue weighted by Gasteiger charge is -2.43. The van der Waals surface area contributed by atoms with Gasteiger partial charge in [-0.15, -0.1) is 11.8 Å². The number of anilines is 1. The number of rotatable bonds is 6. The summed E-state index contributed by atoms with van der Waals surface area (Å²) in [7, 11) is 0. The second-order valence-corrected chi connectivity index (χ2v) is 14.2. The van der Waals surface area contributed by atoms with Crippen molar-refractivity contribution < 1.29 is 23.9 Å². The van der Waals surface area contributed by atoms with Crippen molar-refractivity contribution in [2.75, 3.05) is 18.1 Å².